The monoisotopic (exact) mass is 1080 g/mol. The summed E-state index contributed by atoms with van der Waals surface area (Å²) < 4.78 is 51.1. The molecule has 9 heterocycles. The van der Waals surface area contributed by atoms with Gasteiger partial charge in [0.2, 0.25) is 0 Å². The number of carbonyl (C=O) groups excluding carboxylic acids is 3. The number of nitrogens with zero attached hydrogens (tertiary/aromatic N) is 9. The van der Waals surface area contributed by atoms with Crippen LogP contribution in [0, 0.1) is 22.5 Å². The molecule has 14 rings (SSSR count). The molecular weight excluding hydrogens is 1010 g/mol. The van der Waals surface area contributed by atoms with E-state index in [4.69, 9.17) is 34.4 Å². The van der Waals surface area contributed by atoms with Crippen molar-refractivity contribution in [3.05, 3.63) is 95.1 Å². The maximum atomic E-state index is 13.7. The van der Waals surface area contributed by atoms with Gasteiger partial charge in [-0.3, -0.25) is 9.69 Å². The van der Waals surface area contributed by atoms with Crippen LogP contribution in [0.25, 0.3) is 33.4 Å². The molecule has 8 fully saturated rings. The first-order chi connectivity index (χ1) is 38.5. The van der Waals surface area contributed by atoms with E-state index in [2.05, 4.69) is 19.4 Å². The minimum absolute atomic E-state index is 0.213. The van der Waals surface area contributed by atoms with Gasteiger partial charge in [-0.2, -0.15) is 10.2 Å². The molecule has 79 heavy (non-hydrogen) atoms. The molecule has 0 atom stereocenters. The number of Topliss-reactive ketones (excluding diaryl/α,β-unsaturated/α-hetero) is 1. The standard InChI is InChI=1S/C30H36FN5O3.C28H33FN4O2.C3H4O2/c1-38-29(37)24-17-25(35-15-11-30(12-16-35)9-13-34(14-10-30)23-18-39-19-23)26-27(20-3-2-4-20)33-36(28(26)32-24)22-7-5-21(31)6-8-22;1-35-27(34)22-18-23(32-16-14-28(15-17-32)12-3-2-4-13-28)24-25(19-6-5-7-19)31-33(26(24)30-22)21-10-8-20(29)9-11-21;4-3-1-5-2-3/h5-8,17,20,23H,2-4,9-16,18-19H2,1H3;8-11,18-19H,2-7,12-17H2,1H3;1-2H2. The fourth-order valence-corrected chi connectivity index (χ4v) is 13.4. The molecule has 0 N–H and O–H groups in total. The number of piperidine rings is 3. The second-order valence-corrected chi connectivity index (χ2v) is 23.5. The number of aromatic nitrogens is 6. The third-order valence-corrected chi connectivity index (χ3v) is 19.0. The number of hydrogen-bond acceptors (Lipinski definition) is 14. The van der Waals surface area contributed by atoms with Gasteiger partial charge in [-0.25, -0.2) is 37.7 Å². The van der Waals surface area contributed by atoms with E-state index >= 15 is 0 Å². The number of ketones is 1. The van der Waals surface area contributed by atoms with Crippen LogP contribution in [0.2, 0.25) is 0 Å². The fourth-order valence-electron chi connectivity index (χ4n) is 13.4. The molecular formula is C61H73F2N9O7. The molecule has 0 radical (unpaired) electrons. The van der Waals surface area contributed by atoms with Gasteiger partial charge < -0.3 is 28.7 Å². The number of anilines is 2. The predicted molar refractivity (Wildman–Crippen MR) is 296 cm³/mol. The van der Waals surface area contributed by atoms with Gasteiger partial charge in [0.15, 0.2) is 28.5 Å². The van der Waals surface area contributed by atoms with E-state index in [0.717, 1.165) is 136 Å². The summed E-state index contributed by atoms with van der Waals surface area (Å²) in [5.74, 6) is -0.537. The molecule has 418 valence electrons. The Morgan fingerprint density at radius 2 is 0.962 bits per heavy atom. The minimum atomic E-state index is -0.462. The molecule has 0 unspecified atom stereocenters. The highest BCUT2D eigenvalue weighted by atomic mass is 19.1. The van der Waals surface area contributed by atoms with E-state index in [1.165, 1.54) is 109 Å². The number of hydrogen-bond donors (Lipinski definition) is 0. The Hall–Kier alpha value is -6.37. The number of likely N-dealkylation sites (tertiary alicyclic amines) is 1. The summed E-state index contributed by atoms with van der Waals surface area (Å²) in [6, 6.07) is 17.0. The van der Waals surface area contributed by atoms with Gasteiger partial charge in [-0.15, -0.1) is 0 Å². The summed E-state index contributed by atoms with van der Waals surface area (Å²) in [7, 11) is 2.77. The molecule has 6 aromatic rings. The average molecular weight is 1080 g/mol. The number of carbonyl (C=O) groups is 3. The van der Waals surface area contributed by atoms with E-state index < -0.39 is 11.9 Å². The van der Waals surface area contributed by atoms with Crippen LogP contribution in [-0.4, -0.2) is 138 Å². The number of pyridine rings is 2. The molecule has 5 saturated heterocycles. The van der Waals surface area contributed by atoms with Gasteiger partial charge in [-0.1, -0.05) is 32.1 Å². The van der Waals surface area contributed by atoms with Crippen LogP contribution in [-0.2, 0) is 23.7 Å². The first-order valence-corrected chi connectivity index (χ1v) is 29.0. The molecule has 8 aliphatic rings. The highest BCUT2D eigenvalue weighted by Crippen LogP contribution is 2.49. The number of ether oxygens (including phenoxy) is 4. The lowest BCUT2D eigenvalue weighted by Crippen LogP contribution is -2.55. The van der Waals surface area contributed by atoms with Crippen LogP contribution in [0.15, 0.2) is 60.7 Å². The number of halogens is 2. The number of fused-ring (bicyclic) bond motifs is 2. The van der Waals surface area contributed by atoms with Crippen molar-refractivity contribution >= 4 is 51.2 Å². The molecule has 2 aromatic carbocycles. The summed E-state index contributed by atoms with van der Waals surface area (Å²) in [5, 5.41) is 12.1. The van der Waals surface area contributed by atoms with Gasteiger partial charge >= 0.3 is 11.9 Å². The van der Waals surface area contributed by atoms with Gasteiger partial charge in [0.05, 0.1) is 78.4 Å². The second-order valence-electron chi connectivity index (χ2n) is 23.5. The quantitative estimate of drug-likeness (QED) is 0.126. The Kier molecular flexibility index (Phi) is 15.3. The van der Waals surface area contributed by atoms with Gasteiger partial charge in [0, 0.05) is 38.0 Å². The Labute approximate surface area is 460 Å². The SMILES string of the molecule is COC(=O)c1cc(N2CCC3(CC2)CCN(C2COC2)CC3)c2c(C3CCC3)nn(-c3ccc(F)cc3)c2n1.COC(=O)c1cc(N2CCC3(CCCCC3)CC2)c2c(C3CCC3)nn(-c3ccc(F)cc3)c2n1.O=C1COC1. The van der Waals surface area contributed by atoms with Gasteiger partial charge in [0.25, 0.3) is 0 Å². The lowest BCUT2D eigenvalue weighted by Gasteiger charge is -2.50. The zero-order valence-corrected chi connectivity index (χ0v) is 45.7. The third-order valence-electron chi connectivity index (χ3n) is 19.0. The first-order valence-electron chi connectivity index (χ1n) is 29.0. The van der Waals surface area contributed by atoms with Crippen molar-refractivity contribution in [2.24, 2.45) is 10.8 Å². The van der Waals surface area contributed by atoms with Crippen molar-refractivity contribution in [3.8, 4) is 11.4 Å². The van der Waals surface area contributed by atoms with E-state index in [-0.39, 0.29) is 28.8 Å². The minimum Gasteiger partial charge on any atom is -0.464 e. The molecule has 0 amide bonds. The molecule has 3 aliphatic carbocycles. The van der Waals surface area contributed by atoms with Gasteiger partial charge in [0.1, 0.15) is 24.8 Å². The summed E-state index contributed by atoms with van der Waals surface area (Å²) >= 11 is 0. The topological polar surface area (TPSA) is 159 Å². The maximum Gasteiger partial charge on any atom is 0.356 e. The predicted octanol–water partition coefficient (Wildman–Crippen LogP) is 10.4. The highest BCUT2D eigenvalue weighted by Gasteiger charge is 2.42. The molecule has 18 heteroatoms. The second kappa shape index (κ2) is 22.6. The summed E-state index contributed by atoms with van der Waals surface area (Å²) in [5.41, 5.74) is 8.35. The summed E-state index contributed by atoms with van der Waals surface area (Å²) in [6.45, 7) is 8.63. The fraction of sp³-hybridized carbons (Fsp3) is 0.557. The zero-order chi connectivity index (χ0) is 54.3. The first kappa shape index (κ1) is 53.3. The van der Waals surface area contributed by atoms with Crippen molar-refractivity contribution in [2.75, 3.05) is 89.7 Å². The highest BCUT2D eigenvalue weighted by molar-refractivity contribution is 6.00. The molecule has 5 aliphatic heterocycles. The van der Waals surface area contributed by atoms with Crippen molar-refractivity contribution in [2.45, 2.75) is 127 Å². The molecule has 3 saturated carbocycles. The smallest absolute Gasteiger partial charge is 0.356 e. The van der Waals surface area contributed by atoms with Crippen LogP contribution < -0.4 is 9.80 Å². The van der Waals surface area contributed by atoms with Gasteiger partial charge in [-0.05, 0) is 162 Å². The molecule has 0 bridgehead atoms. The Bertz CT molecular complexity index is 3170. The van der Waals surface area contributed by atoms with Crippen LogP contribution in [0.1, 0.15) is 153 Å². The molecule has 16 nitrogen and oxygen atoms in total. The molecule has 4 aromatic heterocycles. The molecule has 2 spiro atoms. The number of esters is 2. The van der Waals surface area contributed by atoms with Crippen molar-refractivity contribution in [1.82, 2.24) is 34.4 Å². The van der Waals surface area contributed by atoms with Crippen LogP contribution in [0.5, 0.6) is 0 Å². The lowest BCUT2D eigenvalue weighted by atomic mass is 9.68. The Balaban J connectivity index is 0.000000145. The summed E-state index contributed by atoms with van der Waals surface area (Å²) in [4.78, 5) is 52.2. The number of methoxy groups -OCH3 is 2. The Morgan fingerprint density at radius 1 is 0.557 bits per heavy atom. The summed E-state index contributed by atoms with van der Waals surface area (Å²) in [6.07, 6.45) is 20.7. The van der Waals surface area contributed by atoms with E-state index in [1.54, 1.807) is 33.6 Å². The normalized spacial score (nSPS) is 21.3. The maximum absolute atomic E-state index is 13.7. The number of rotatable bonds is 9. The van der Waals surface area contributed by atoms with E-state index in [0.29, 0.717) is 53.2 Å². The lowest BCUT2D eigenvalue weighted by molar-refractivity contribution is -0.140. The van der Waals surface area contributed by atoms with Crippen LogP contribution in [0.4, 0.5) is 20.2 Å². The Morgan fingerprint density at radius 3 is 1.30 bits per heavy atom. The largest absolute Gasteiger partial charge is 0.464 e. The van der Waals surface area contributed by atoms with E-state index in [1.807, 2.05) is 12.1 Å². The van der Waals surface area contributed by atoms with Crippen molar-refractivity contribution in [1.29, 1.82) is 0 Å². The average Bonchev–Trinajstić information content (AvgIpc) is 4.24. The zero-order valence-electron chi connectivity index (χ0n) is 45.7. The number of benzene rings is 2. The third kappa shape index (κ3) is 10.8. The van der Waals surface area contributed by atoms with Crippen molar-refractivity contribution < 1.29 is 42.1 Å². The van der Waals surface area contributed by atoms with Crippen molar-refractivity contribution in [3.63, 3.8) is 0 Å². The van der Waals surface area contributed by atoms with Crippen LogP contribution in [0.3, 0.4) is 0 Å². The van der Waals surface area contributed by atoms with Crippen LogP contribution >= 0.6 is 0 Å². The van der Waals surface area contributed by atoms with E-state index in [9.17, 15) is 23.2 Å².